The van der Waals surface area contributed by atoms with E-state index in [4.69, 9.17) is 0 Å². The van der Waals surface area contributed by atoms with Gasteiger partial charge in [0.1, 0.15) is 10.6 Å². The standard InChI is InChI=1S/C8H9F3N2O4S/c1-3-17-7(14)4-5(8(9,10)11)12-13(2)6(4)18(15)16/h3H2,1-2H3,(H,15,16)/p-1. The number of halogens is 3. The van der Waals surface area contributed by atoms with Gasteiger partial charge in [0, 0.05) is 7.05 Å². The summed E-state index contributed by atoms with van der Waals surface area (Å²) in [7, 11) is 0.989. The molecule has 0 fully saturated rings. The fourth-order valence-electron chi connectivity index (χ4n) is 1.29. The van der Waals surface area contributed by atoms with E-state index in [-0.39, 0.29) is 6.61 Å². The molecule has 10 heteroatoms. The predicted octanol–water partition coefficient (Wildman–Crippen LogP) is 0.854. The molecule has 0 N–H and O–H groups in total. The first-order chi connectivity index (χ1) is 8.20. The molecule has 6 nitrogen and oxygen atoms in total. The van der Waals surface area contributed by atoms with Crippen LogP contribution in [0.15, 0.2) is 5.03 Å². The number of carbonyl (C=O) groups is 1. The van der Waals surface area contributed by atoms with E-state index in [9.17, 15) is 26.7 Å². The van der Waals surface area contributed by atoms with Crippen molar-refractivity contribution in [3.63, 3.8) is 0 Å². The summed E-state index contributed by atoms with van der Waals surface area (Å²) in [5, 5.41) is 2.14. The number of aromatic nitrogens is 2. The van der Waals surface area contributed by atoms with Gasteiger partial charge in [-0.2, -0.15) is 18.3 Å². The Morgan fingerprint density at radius 3 is 2.50 bits per heavy atom. The first-order valence-corrected chi connectivity index (χ1v) is 5.68. The molecule has 1 aromatic rings. The zero-order valence-electron chi connectivity index (χ0n) is 9.28. The minimum Gasteiger partial charge on any atom is -0.767 e. The van der Waals surface area contributed by atoms with Gasteiger partial charge in [0.05, 0.1) is 6.61 Å². The molecule has 1 heterocycles. The van der Waals surface area contributed by atoms with Gasteiger partial charge in [-0.3, -0.25) is 8.89 Å². The number of nitrogens with zero attached hydrogens (tertiary/aromatic N) is 2. The molecular formula is C8H8F3N2O4S-. The van der Waals surface area contributed by atoms with Crippen LogP contribution in [0.5, 0.6) is 0 Å². The fraction of sp³-hybridized carbons (Fsp3) is 0.500. The first kappa shape index (κ1) is 14.6. The molecule has 1 rings (SSSR count). The summed E-state index contributed by atoms with van der Waals surface area (Å²) in [6.07, 6.45) is -4.95. The van der Waals surface area contributed by atoms with Gasteiger partial charge in [0.25, 0.3) is 0 Å². The van der Waals surface area contributed by atoms with E-state index in [2.05, 4.69) is 9.84 Å². The summed E-state index contributed by atoms with van der Waals surface area (Å²) in [5.74, 6) is -1.38. The molecule has 102 valence electrons. The van der Waals surface area contributed by atoms with Crippen molar-refractivity contribution in [3.8, 4) is 0 Å². The summed E-state index contributed by atoms with van der Waals surface area (Å²) < 4.78 is 64.4. The van der Waals surface area contributed by atoms with Gasteiger partial charge in [-0.1, -0.05) is 0 Å². The monoisotopic (exact) mass is 285 g/mol. The Morgan fingerprint density at radius 2 is 2.11 bits per heavy atom. The quantitative estimate of drug-likeness (QED) is 0.607. The number of esters is 1. The Balaban J connectivity index is 3.51. The third-order valence-corrected chi connectivity index (χ3v) is 2.68. The van der Waals surface area contributed by atoms with Crippen LogP contribution in [-0.4, -0.2) is 31.1 Å². The van der Waals surface area contributed by atoms with Gasteiger partial charge in [0.2, 0.25) is 0 Å². The van der Waals surface area contributed by atoms with Gasteiger partial charge in [-0.25, -0.2) is 4.79 Å². The molecule has 0 saturated carbocycles. The van der Waals surface area contributed by atoms with Gasteiger partial charge >= 0.3 is 12.1 Å². The predicted molar refractivity (Wildman–Crippen MR) is 51.4 cm³/mol. The second-order valence-electron chi connectivity index (χ2n) is 3.11. The maximum absolute atomic E-state index is 12.6. The van der Waals surface area contributed by atoms with Crippen molar-refractivity contribution >= 4 is 17.0 Å². The first-order valence-electron chi connectivity index (χ1n) is 4.60. The lowest BCUT2D eigenvalue weighted by atomic mass is 10.2. The van der Waals surface area contributed by atoms with Crippen molar-refractivity contribution in [2.45, 2.75) is 18.1 Å². The van der Waals surface area contributed by atoms with E-state index in [1.165, 1.54) is 6.92 Å². The van der Waals surface area contributed by atoms with Crippen molar-refractivity contribution in [2.24, 2.45) is 7.05 Å². The highest BCUT2D eigenvalue weighted by atomic mass is 32.2. The Kier molecular flexibility index (Phi) is 4.12. The number of aryl methyl sites for hydroxylation is 1. The minimum absolute atomic E-state index is 0.185. The topological polar surface area (TPSA) is 84.2 Å². The molecule has 0 spiro atoms. The molecule has 0 aromatic carbocycles. The number of carbonyl (C=O) groups excluding carboxylic acids is 1. The summed E-state index contributed by atoms with van der Waals surface area (Å²) in [5.41, 5.74) is -2.68. The molecule has 0 aliphatic carbocycles. The summed E-state index contributed by atoms with van der Waals surface area (Å²) in [6, 6.07) is 0. The van der Waals surface area contributed by atoms with Crippen LogP contribution >= 0.6 is 0 Å². The van der Waals surface area contributed by atoms with Crippen LogP contribution in [0.1, 0.15) is 23.0 Å². The van der Waals surface area contributed by atoms with E-state index >= 15 is 0 Å². The number of alkyl halides is 3. The molecule has 18 heavy (non-hydrogen) atoms. The molecule has 0 aliphatic rings. The Hall–Kier alpha value is -1.42. The van der Waals surface area contributed by atoms with Gasteiger partial charge in [-0.05, 0) is 18.0 Å². The smallest absolute Gasteiger partial charge is 0.436 e. The van der Waals surface area contributed by atoms with Crippen LogP contribution in [0.3, 0.4) is 0 Å². The lowest BCUT2D eigenvalue weighted by molar-refractivity contribution is -0.142. The third-order valence-electron chi connectivity index (χ3n) is 1.90. The van der Waals surface area contributed by atoms with Crippen LogP contribution in [-0.2, 0) is 29.0 Å². The fourth-order valence-corrected chi connectivity index (χ4v) is 1.89. The van der Waals surface area contributed by atoms with E-state index in [1.54, 1.807) is 0 Å². The maximum atomic E-state index is 12.6. The number of ether oxygens (including phenoxy) is 1. The van der Waals surface area contributed by atoms with Gasteiger partial charge < -0.3 is 9.29 Å². The van der Waals surface area contributed by atoms with Crippen LogP contribution < -0.4 is 0 Å². The van der Waals surface area contributed by atoms with Crippen molar-refractivity contribution in [1.82, 2.24) is 9.78 Å². The van der Waals surface area contributed by atoms with E-state index in [0.717, 1.165) is 7.05 Å². The molecular weight excluding hydrogens is 277 g/mol. The Bertz CT molecular complexity index is 497. The van der Waals surface area contributed by atoms with Gasteiger partial charge in [-0.15, -0.1) is 0 Å². The third kappa shape index (κ3) is 2.70. The summed E-state index contributed by atoms with van der Waals surface area (Å²) in [6.45, 7) is 1.20. The lowest BCUT2D eigenvalue weighted by Gasteiger charge is -2.09. The van der Waals surface area contributed by atoms with E-state index in [1.807, 2.05) is 0 Å². The Labute approximate surface area is 102 Å². The van der Waals surface area contributed by atoms with E-state index < -0.39 is 39.5 Å². The maximum Gasteiger partial charge on any atom is 0.436 e. The van der Waals surface area contributed by atoms with E-state index in [0.29, 0.717) is 4.68 Å². The molecule has 1 unspecified atom stereocenters. The normalized spacial score (nSPS) is 13.4. The number of hydrogen-bond donors (Lipinski definition) is 0. The average Bonchev–Trinajstić information content (AvgIpc) is 2.55. The second-order valence-corrected chi connectivity index (χ2v) is 3.96. The molecule has 0 radical (unpaired) electrons. The SMILES string of the molecule is CCOC(=O)c1c(C(F)(F)F)nn(C)c1S(=O)[O-]. The highest BCUT2D eigenvalue weighted by molar-refractivity contribution is 7.79. The summed E-state index contributed by atoms with van der Waals surface area (Å²) >= 11 is -3.04. The number of rotatable bonds is 3. The van der Waals surface area contributed by atoms with Crippen LogP contribution in [0.25, 0.3) is 0 Å². The van der Waals surface area contributed by atoms with Gasteiger partial charge in [0.15, 0.2) is 5.69 Å². The zero-order chi connectivity index (χ0) is 14.1. The van der Waals surface area contributed by atoms with Crippen LogP contribution in [0.4, 0.5) is 13.2 Å². The van der Waals surface area contributed by atoms with Crippen molar-refractivity contribution in [2.75, 3.05) is 6.61 Å². The molecule has 0 bridgehead atoms. The van der Waals surface area contributed by atoms with Crippen molar-refractivity contribution in [1.29, 1.82) is 0 Å². The molecule has 0 amide bonds. The highest BCUT2D eigenvalue weighted by Gasteiger charge is 2.42. The minimum atomic E-state index is -4.95. The average molecular weight is 285 g/mol. The summed E-state index contributed by atoms with van der Waals surface area (Å²) in [4.78, 5) is 11.4. The largest absolute Gasteiger partial charge is 0.767 e. The van der Waals surface area contributed by atoms with Crippen LogP contribution in [0.2, 0.25) is 0 Å². The van der Waals surface area contributed by atoms with Crippen molar-refractivity contribution in [3.05, 3.63) is 11.3 Å². The van der Waals surface area contributed by atoms with Crippen LogP contribution in [0, 0.1) is 0 Å². The Morgan fingerprint density at radius 1 is 1.56 bits per heavy atom. The number of hydrogen-bond acceptors (Lipinski definition) is 5. The molecule has 1 atom stereocenters. The highest BCUT2D eigenvalue weighted by Crippen LogP contribution is 2.33. The molecule has 1 aromatic heterocycles. The zero-order valence-corrected chi connectivity index (χ0v) is 10.1. The lowest BCUT2D eigenvalue weighted by Crippen LogP contribution is -2.15. The van der Waals surface area contributed by atoms with Crippen molar-refractivity contribution < 1.29 is 31.5 Å². The second kappa shape index (κ2) is 5.06. The molecule has 0 aliphatic heterocycles. The molecule has 0 saturated heterocycles.